The molecule has 1 heterocycles. The van der Waals surface area contributed by atoms with E-state index in [1.165, 1.54) is 4.90 Å². The predicted molar refractivity (Wildman–Crippen MR) is 109 cm³/mol. The summed E-state index contributed by atoms with van der Waals surface area (Å²) < 4.78 is 1.54. The molecule has 6 heteroatoms. The molecule has 0 atom stereocenters. The van der Waals surface area contributed by atoms with E-state index in [9.17, 15) is 9.59 Å². The Balaban J connectivity index is 2.08. The van der Waals surface area contributed by atoms with E-state index in [-0.39, 0.29) is 11.2 Å². The first-order chi connectivity index (χ1) is 12.9. The average molecular weight is 382 g/mol. The molecule has 5 nitrogen and oxygen atoms in total. The third kappa shape index (κ3) is 3.88. The van der Waals surface area contributed by atoms with Crippen molar-refractivity contribution in [3.8, 4) is 0 Å². The number of aryl methyl sites for hydroxylation is 2. The molecule has 0 fully saturated rings. The molecule has 0 aliphatic heterocycles. The van der Waals surface area contributed by atoms with Crippen molar-refractivity contribution in [1.29, 1.82) is 0 Å². The summed E-state index contributed by atoms with van der Waals surface area (Å²) in [5.41, 5.74) is 8.86. The number of nitrogens with zero attached hydrogens (tertiary/aromatic N) is 2. The number of amides is 2. The molecule has 3 rings (SSSR count). The van der Waals surface area contributed by atoms with Gasteiger partial charge in [0.2, 0.25) is 0 Å². The summed E-state index contributed by atoms with van der Waals surface area (Å²) in [5.74, 6) is 0. The molecule has 0 saturated heterocycles. The molecule has 0 spiro atoms. The van der Waals surface area contributed by atoms with E-state index in [2.05, 4.69) is 0 Å². The molecule has 0 aliphatic rings. The van der Waals surface area contributed by atoms with Gasteiger partial charge in [-0.25, -0.2) is 4.79 Å². The normalized spacial score (nSPS) is 10.6. The number of rotatable bonds is 4. The number of pyridine rings is 1. The Bertz CT molecular complexity index is 1020. The topological polar surface area (TPSA) is 68.3 Å². The second-order valence-corrected chi connectivity index (χ2v) is 6.80. The molecule has 0 radical (unpaired) electrons. The molecule has 0 saturated carbocycles. The minimum Gasteiger partial charge on any atom is -0.351 e. The zero-order chi connectivity index (χ0) is 19.6. The Morgan fingerprint density at radius 2 is 1.67 bits per heavy atom. The number of aromatic nitrogens is 1. The number of benzene rings is 2. The third-order valence-corrected chi connectivity index (χ3v) is 4.64. The zero-order valence-corrected chi connectivity index (χ0v) is 15.9. The molecule has 1 aromatic heterocycles. The monoisotopic (exact) mass is 381 g/mol. The molecule has 0 bridgehead atoms. The van der Waals surface area contributed by atoms with Gasteiger partial charge in [0.15, 0.2) is 0 Å². The van der Waals surface area contributed by atoms with Crippen LogP contribution in [0.1, 0.15) is 16.7 Å². The van der Waals surface area contributed by atoms with Crippen molar-refractivity contribution in [3.63, 3.8) is 0 Å². The zero-order valence-electron chi connectivity index (χ0n) is 15.1. The van der Waals surface area contributed by atoms with Crippen molar-refractivity contribution < 1.29 is 4.79 Å². The van der Waals surface area contributed by atoms with Crippen molar-refractivity contribution in [3.05, 3.63) is 92.9 Å². The fourth-order valence-electron chi connectivity index (χ4n) is 3.11. The Labute approximate surface area is 162 Å². The second kappa shape index (κ2) is 7.68. The molecule has 2 aromatic carbocycles. The molecule has 2 amide bonds. The van der Waals surface area contributed by atoms with Crippen molar-refractivity contribution in [1.82, 2.24) is 4.57 Å². The lowest BCUT2D eigenvalue weighted by Gasteiger charge is -2.24. The fourth-order valence-corrected chi connectivity index (χ4v) is 3.24. The largest absolute Gasteiger partial charge is 0.351 e. The maximum absolute atomic E-state index is 13.1. The van der Waals surface area contributed by atoms with Gasteiger partial charge in [-0.15, -0.1) is 0 Å². The van der Waals surface area contributed by atoms with E-state index in [0.717, 1.165) is 16.7 Å². The number of nitrogens with two attached hydrogens (primary N) is 1. The summed E-state index contributed by atoms with van der Waals surface area (Å²) in [4.78, 5) is 26.6. The maximum Gasteiger partial charge on any atom is 0.324 e. The van der Waals surface area contributed by atoms with Crippen LogP contribution < -0.4 is 16.2 Å². The molecular weight excluding hydrogens is 362 g/mol. The molecule has 0 aliphatic carbocycles. The summed E-state index contributed by atoms with van der Waals surface area (Å²) >= 11 is 5.92. The molecule has 27 heavy (non-hydrogen) atoms. The standard InChI is InChI=1S/C21H20ClN3O2/c1-14-5-3-6-15(2)19(14)25(21(23)27)18-7-4-12-24(20(18)26)13-16-8-10-17(22)11-9-16/h3-12H,13H2,1-2H3,(H2,23,27). The Hall–Kier alpha value is -3.05. The first kappa shape index (κ1) is 18.7. The number of hydrogen-bond donors (Lipinski definition) is 1. The number of para-hydroxylation sites is 1. The van der Waals surface area contributed by atoms with Gasteiger partial charge in [-0.1, -0.05) is 41.9 Å². The van der Waals surface area contributed by atoms with Gasteiger partial charge in [-0.2, -0.15) is 0 Å². The van der Waals surface area contributed by atoms with Gasteiger partial charge >= 0.3 is 6.03 Å². The average Bonchev–Trinajstić information content (AvgIpc) is 2.62. The van der Waals surface area contributed by atoms with Crippen molar-refractivity contribution in [2.24, 2.45) is 5.73 Å². The van der Waals surface area contributed by atoms with Crippen LogP contribution in [-0.4, -0.2) is 10.6 Å². The summed E-state index contributed by atoms with van der Waals surface area (Å²) in [6.07, 6.45) is 1.68. The van der Waals surface area contributed by atoms with Gasteiger partial charge in [0.05, 0.1) is 12.2 Å². The molecule has 138 valence electrons. The summed E-state index contributed by atoms with van der Waals surface area (Å²) in [7, 11) is 0. The first-order valence-corrected chi connectivity index (χ1v) is 8.86. The highest BCUT2D eigenvalue weighted by Gasteiger charge is 2.22. The maximum atomic E-state index is 13.1. The van der Waals surface area contributed by atoms with Gasteiger partial charge in [0.1, 0.15) is 5.69 Å². The quantitative estimate of drug-likeness (QED) is 0.728. The Morgan fingerprint density at radius 3 is 2.26 bits per heavy atom. The number of halogens is 1. The lowest BCUT2D eigenvalue weighted by molar-refractivity contribution is 0.256. The number of hydrogen-bond acceptors (Lipinski definition) is 2. The third-order valence-electron chi connectivity index (χ3n) is 4.39. The van der Waals surface area contributed by atoms with Crippen LogP contribution in [0, 0.1) is 13.8 Å². The van der Waals surface area contributed by atoms with Gasteiger partial charge in [0, 0.05) is 11.2 Å². The lowest BCUT2D eigenvalue weighted by Crippen LogP contribution is -2.37. The minimum absolute atomic E-state index is 0.219. The van der Waals surface area contributed by atoms with E-state index in [1.54, 1.807) is 35.0 Å². The summed E-state index contributed by atoms with van der Waals surface area (Å²) in [6, 6.07) is 15.6. The highest BCUT2D eigenvalue weighted by Crippen LogP contribution is 2.29. The van der Waals surface area contributed by atoms with Crippen LogP contribution in [0.4, 0.5) is 16.2 Å². The minimum atomic E-state index is -0.700. The number of carbonyl (C=O) groups is 1. The summed E-state index contributed by atoms with van der Waals surface area (Å²) in [5, 5.41) is 0.634. The predicted octanol–water partition coefficient (Wildman–Crippen LogP) is 4.38. The van der Waals surface area contributed by atoms with Crippen molar-refractivity contribution in [2.45, 2.75) is 20.4 Å². The summed E-state index contributed by atoms with van der Waals surface area (Å²) in [6.45, 7) is 4.13. The highest BCUT2D eigenvalue weighted by molar-refractivity contribution is 6.30. The Kier molecular flexibility index (Phi) is 5.33. The van der Waals surface area contributed by atoms with Crippen LogP contribution in [0.3, 0.4) is 0 Å². The fraction of sp³-hybridized carbons (Fsp3) is 0.143. The molecular formula is C21H20ClN3O2. The van der Waals surface area contributed by atoms with Crippen molar-refractivity contribution in [2.75, 3.05) is 4.90 Å². The van der Waals surface area contributed by atoms with Crippen LogP contribution in [0.2, 0.25) is 5.02 Å². The SMILES string of the molecule is Cc1cccc(C)c1N(C(N)=O)c1cccn(Cc2ccc(Cl)cc2)c1=O. The second-order valence-electron chi connectivity index (χ2n) is 6.37. The van der Waals surface area contributed by atoms with Crippen LogP contribution in [-0.2, 0) is 6.54 Å². The molecule has 0 unspecified atom stereocenters. The lowest BCUT2D eigenvalue weighted by atomic mass is 10.1. The number of primary amides is 1. The number of anilines is 2. The van der Waals surface area contributed by atoms with E-state index in [0.29, 0.717) is 17.3 Å². The van der Waals surface area contributed by atoms with Crippen LogP contribution in [0.5, 0.6) is 0 Å². The number of urea groups is 1. The van der Waals surface area contributed by atoms with E-state index < -0.39 is 6.03 Å². The van der Waals surface area contributed by atoms with Crippen LogP contribution >= 0.6 is 11.6 Å². The van der Waals surface area contributed by atoms with Crippen LogP contribution in [0.15, 0.2) is 65.6 Å². The first-order valence-electron chi connectivity index (χ1n) is 8.48. The van der Waals surface area contributed by atoms with Gasteiger partial charge < -0.3 is 10.3 Å². The van der Waals surface area contributed by atoms with Gasteiger partial charge in [-0.3, -0.25) is 9.69 Å². The Morgan fingerprint density at radius 1 is 1.04 bits per heavy atom. The molecule has 3 aromatic rings. The van der Waals surface area contributed by atoms with E-state index in [1.807, 2.05) is 44.2 Å². The van der Waals surface area contributed by atoms with Crippen molar-refractivity contribution >= 4 is 29.0 Å². The number of carbonyl (C=O) groups excluding carboxylic acids is 1. The highest BCUT2D eigenvalue weighted by atomic mass is 35.5. The van der Waals surface area contributed by atoms with E-state index in [4.69, 9.17) is 17.3 Å². The van der Waals surface area contributed by atoms with Gasteiger partial charge in [-0.05, 0) is 54.8 Å². The van der Waals surface area contributed by atoms with E-state index >= 15 is 0 Å². The smallest absolute Gasteiger partial charge is 0.324 e. The molecule has 2 N–H and O–H groups in total. The van der Waals surface area contributed by atoms with Crippen LogP contribution in [0.25, 0.3) is 0 Å². The van der Waals surface area contributed by atoms with Gasteiger partial charge in [0.25, 0.3) is 5.56 Å².